The number of H-pyrrole nitrogens is 1. The van der Waals surface area contributed by atoms with Crippen molar-refractivity contribution in [3.05, 3.63) is 26.6 Å². The highest BCUT2D eigenvalue weighted by molar-refractivity contribution is 14.1. The molecule has 2 aromatic rings. The fourth-order valence-corrected chi connectivity index (χ4v) is 1.21. The lowest BCUT2D eigenvalue weighted by Gasteiger charge is -1.88. The van der Waals surface area contributed by atoms with Gasteiger partial charge in [0.15, 0.2) is 5.65 Å². The van der Waals surface area contributed by atoms with E-state index in [1.165, 1.54) is 4.40 Å². The van der Waals surface area contributed by atoms with Crippen LogP contribution in [-0.2, 0) is 0 Å². The summed E-state index contributed by atoms with van der Waals surface area (Å²) in [5.41, 5.74) is 0.302. The first-order chi connectivity index (χ1) is 5.27. The van der Waals surface area contributed by atoms with Crippen LogP contribution in [0.1, 0.15) is 0 Å². The number of nitrogens with one attached hydrogen (secondary N) is 1. The molecule has 0 spiro atoms. The molecule has 5 nitrogen and oxygen atoms in total. The summed E-state index contributed by atoms with van der Waals surface area (Å²) in [6.45, 7) is 0. The minimum absolute atomic E-state index is 0.236. The van der Waals surface area contributed by atoms with Gasteiger partial charge in [-0.3, -0.25) is 0 Å². The smallest absolute Gasteiger partial charge is 0.247 e. The minimum atomic E-state index is -0.236. The number of rotatable bonds is 0. The van der Waals surface area contributed by atoms with Crippen LogP contribution < -0.4 is 5.69 Å². The van der Waals surface area contributed by atoms with Gasteiger partial charge in [0.25, 0.3) is 0 Å². The summed E-state index contributed by atoms with van der Waals surface area (Å²) >= 11 is 2.03. The van der Waals surface area contributed by atoms with Crippen molar-refractivity contribution in [2.24, 2.45) is 0 Å². The number of fused-ring (bicyclic) bond motifs is 1. The van der Waals surface area contributed by atoms with E-state index in [2.05, 4.69) is 15.2 Å². The van der Waals surface area contributed by atoms with E-state index in [0.29, 0.717) is 5.65 Å². The molecular weight excluding hydrogens is 259 g/mol. The average Bonchev–Trinajstić information content (AvgIpc) is 2.33. The van der Waals surface area contributed by atoms with E-state index in [4.69, 9.17) is 0 Å². The van der Waals surface area contributed by atoms with Gasteiger partial charge >= 0.3 is 5.69 Å². The summed E-state index contributed by atoms with van der Waals surface area (Å²) in [7, 11) is 0. The molecule has 6 heteroatoms. The Hall–Kier alpha value is -0.920. The van der Waals surface area contributed by atoms with Crippen LogP contribution in [0.15, 0.2) is 17.2 Å². The quantitative estimate of drug-likeness (QED) is 0.681. The van der Waals surface area contributed by atoms with Crippen LogP contribution in [0.2, 0.25) is 0 Å². The molecule has 2 rings (SSSR count). The first-order valence-electron chi connectivity index (χ1n) is 2.85. The summed E-state index contributed by atoms with van der Waals surface area (Å²) in [5.74, 6) is 0. The summed E-state index contributed by atoms with van der Waals surface area (Å²) in [6, 6.07) is 0. The van der Waals surface area contributed by atoms with Crippen molar-refractivity contribution < 1.29 is 0 Å². The standard InChI is InChI=1S/C5H3IN4O/c6-3-2-10-4(1-7-3)8-9-5(10)11/h1-2H,(H,9,11). The molecule has 56 valence electrons. The molecule has 0 fully saturated rings. The molecular formula is C5H3IN4O. The largest absolute Gasteiger partial charge is 0.347 e. The topological polar surface area (TPSA) is 63.0 Å². The van der Waals surface area contributed by atoms with Gasteiger partial charge in [-0.25, -0.2) is 19.3 Å². The number of aromatic amines is 1. The molecule has 0 aliphatic rings. The lowest BCUT2D eigenvalue weighted by atomic mass is 10.7. The number of hydrogen-bond donors (Lipinski definition) is 1. The van der Waals surface area contributed by atoms with Gasteiger partial charge in [-0.2, -0.15) is 5.10 Å². The molecule has 1 N–H and O–H groups in total. The Bertz CT molecular complexity index is 445. The molecule has 0 bridgehead atoms. The lowest BCUT2D eigenvalue weighted by Crippen LogP contribution is -2.09. The molecule has 2 aromatic heterocycles. The monoisotopic (exact) mass is 262 g/mol. The molecule has 0 unspecified atom stereocenters. The molecule has 2 heterocycles. The van der Waals surface area contributed by atoms with Gasteiger partial charge in [0.05, 0.1) is 6.20 Å². The van der Waals surface area contributed by atoms with Gasteiger partial charge in [-0.1, -0.05) is 0 Å². The Labute approximate surface area is 74.6 Å². The molecule has 0 atom stereocenters. The molecule has 0 radical (unpaired) electrons. The predicted molar refractivity (Wildman–Crippen MR) is 46.3 cm³/mol. The second kappa shape index (κ2) is 2.29. The summed E-state index contributed by atoms with van der Waals surface area (Å²) in [4.78, 5) is 14.9. The highest BCUT2D eigenvalue weighted by atomic mass is 127. The van der Waals surface area contributed by atoms with E-state index >= 15 is 0 Å². The molecule has 0 aromatic carbocycles. The van der Waals surface area contributed by atoms with E-state index < -0.39 is 0 Å². The molecule has 0 aliphatic carbocycles. The maximum atomic E-state index is 10.9. The van der Waals surface area contributed by atoms with Gasteiger partial charge in [0.1, 0.15) is 3.70 Å². The predicted octanol–water partition coefficient (Wildman–Crippen LogP) is 0.0222. The first-order valence-corrected chi connectivity index (χ1v) is 3.93. The molecule has 0 saturated heterocycles. The van der Waals surface area contributed by atoms with Crippen LogP contribution in [0.25, 0.3) is 5.65 Å². The third-order valence-corrected chi connectivity index (χ3v) is 1.83. The van der Waals surface area contributed by atoms with Gasteiger partial charge in [-0.05, 0) is 22.6 Å². The lowest BCUT2D eigenvalue weighted by molar-refractivity contribution is 1.01. The van der Waals surface area contributed by atoms with Crippen LogP contribution in [0.4, 0.5) is 0 Å². The van der Waals surface area contributed by atoms with Crippen molar-refractivity contribution >= 4 is 28.2 Å². The number of nitrogens with zero attached hydrogens (tertiary/aromatic N) is 3. The van der Waals surface area contributed by atoms with Crippen molar-refractivity contribution in [3.8, 4) is 0 Å². The van der Waals surface area contributed by atoms with E-state index in [0.717, 1.165) is 3.70 Å². The van der Waals surface area contributed by atoms with Gasteiger partial charge < -0.3 is 0 Å². The number of aromatic nitrogens is 4. The normalized spacial score (nSPS) is 10.6. The van der Waals surface area contributed by atoms with E-state index in [1.54, 1.807) is 12.4 Å². The Balaban J connectivity index is 2.99. The van der Waals surface area contributed by atoms with E-state index in [-0.39, 0.29) is 5.69 Å². The maximum Gasteiger partial charge on any atom is 0.347 e. The highest BCUT2D eigenvalue weighted by Crippen LogP contribution is 1.98. The first kappa shape index (κ1) is 6.77. The summed E-state index contributed by atoms with van der Waals surface area (Å²) < 4.78 is 2.17. The van der Waals surface area contributed by atoms with Crippen LogP contribution in [0, 0.1) is 3.70 Å². The number of hydrogen-bond acceptors (Lipinski definition) is 3. The molecule has 0 amide bonds. The van der Waals surface area contributed by atoms with Crippen molar-refractivity contribution in [1.82, 2.24) is 19.6 Å². The Kier molecular flexibility index (Phi) is 1.41. The SMILES string of the molecule is O=c1[nH]nc2cnc(I)cn12. The average molecular weight is 262 g/mol. The second-order valence-electron chi connectivity index (χ2n) is 1.97. The van der Waals surface area contributed by atoms with Crippen LogP contribution >= 0.6 is 22.6 Å². The minimum Gasteiger partial charge on any atom is -0.247 e. The Morgan fingerprint density at radius 1 is 1.64 bits per heavy atom. The van der Waals surface area contributed by atoms with Crippen molar-refractivity contribution in [2.75, 3.05) is 0 Å². The fraction of sp³-hybridized carbons (Fsp3) is 0. The Morgan fingerprint density at radius 2 is 2.45 bits per heavy atom. The zero-order chi connectivity index (χ0) is 7.84. The third kappa shape index (κ3) is 1.02. The second-order valence-corrected chi connectivity index (χ2v) is 3.07. The van der Waals surface area contributed by atoms with E-state index in [9.17, 15) is 4.79 Å². The van der Waals surface area contributed by atoms with Gasteiger partial charge in [0, 0.05) is 6.20 Å². The third-order valence-electron chi connectivity index (χ3n) is 1.27. The molecule has 0 aliphatic heterocycles. The van der Waals surface area contributed by atoms with Crippen molar-refractivity contribution in [3.63, 3.8) is 0 Å². The van der Waals surface area contributed by atoms with E-state index in [1.807, 2.05) is 22.6 Å². The van der Waals surface area contributed by atoms with Crippen LogP contribution in [0.3, 0.4) is 0 Å². The summed E-state index contributed by atoms with van der Waals surface area (Å²) in [6.07, 6.45) is 3.17. The van der Waals surface area contributed by atoms with Crippen LogP contribution in [0.5, 0.6) is 0 Å². The van der Waals surface area contributed by atoms with Crippen LogP contribution in [-0.4, -0.2) is 19.6 Å². The highest BCUT2D eigenvalue weighted by Gasteiger charge is 1.98. The summed E-state index contributed by atoms with van der Waals surface area (Å²) in [5, 5.41) is 6.04. The Morgan fingerprint density at radius 3 is 3.27 bits per heavy atom. The van der Waals surface area contributed by atoms with Crippen molar-refractivity contribution in [1.29, 1.82) is 0 Å². The maximum absolute atomic E-state index is 10.9. The van der Waals surface area contributed by atoms with Gasteiger partial charge in [-0.15, -0.1) is 0 Å². The molecule has 0 saturated carbocycles. The number of halogens is 1. The fourth-order valence-electron chi connectivity index (χ4n) is 0.792. The molecule has 11 heavy (non-hydrogen) atoms. The zero-order valence-corrected chi connectivity index (χ0v) is 7.44. The van der Waals surface area contributed by atoms with Gasteiger partial charge in [0.2, 0.25) is 0 Å². The zero-order valence-electron chi connectivity index (χ0n) is 5.28. The van der Waals surface area contributed by atoms with Crippen molar-refractivity contribution in [2.45, 2.75) is 0 Å².